The maximum atomic E-state index is 4.50. The van der Waals surface area contributed by atoms with Gasteiger partial charge in [0.05, 0.1) is 6.33 Å². The lowest BCUT2D eigenvalue weighted by atomic mass is 9.97. The van der Waals surface area contributed by atoms with Crippen LogP contribution in [0.5, 0.6) is 0 Å². The van der Waals surface area contributed by atoms with Crippen molar-refractivity contribution in [2.45, 2.75) is 39.8 Å². The molecular formula is C21H32IN5. The van der Waals surface area contributed by atoms with Crippen LogP contribution < -0.4 is 5.32 Å². The Morgan fingerprint density at radius 3 is 2.85 bits per heavy atom. The molecule has 148 valence electrons. The molecule has 0 radical (unpaired) electrons. The van der Waals surface area contributed by atoms with Gasteiger partial charge in [-0.2, -0.15) is 0 Å². The standard InChI is InChI=1S/C21H31N5.HI/c1-17(2)11-20-7-9-26(15-20)21(22-3)24-13-18-5-4-6-19(12-18)14-25-10-8-23-16-25;/h4-6,8,10,12,16-17,20H,7,9,11,13-15H2,1-3H3,(H,22,24);1H. The summed E-state index contributed by atoms with van der Waals surface area (Å²) in [5.74, 6) is 2.59. The van der Waals surface area contributed by atoms with Gasteiger partial charge in [-0.3, -0.25) is 4.99 Å². The maximum Gasteiger partial charge on any atom is 0.193 e. The Morgan fingerprint density at radius 1 is 1.33 bits per heavy atom. The molecule has 1 aromatic heterocycles. The fraction of sp³-hybridized carbons (Fsp3) is 0.524. The van der Waals surface area contributed by atoms with Crippen LogP contribution in [0, 0.1) is 11.8 Å². The van der Waals surface area contributed by atoms with Gasteiger partial charge in [-0.05, 0) is 35.8 Å². The first-order chi connectivity index (χ1) is 12.6. The van der Waals surface area contributed by atoms with Crippen molar-refractivity contribution in [2.75, 3.05) is 20.1 Å². The Balaban J connectivity index is 0.00000261. The molecule has 5 nitrogen and oxygen atoms in total. The smallest absolute Gasteiger partial charge is 0.193 e. The Hall–Kier alpha value is -1.57. The maximum absolute atomic E-state index is 4.50. The van der Waals surface area contributed by atoms with Crippen LogP contribution in [0.3, 0.4) is 0 Å². The number of imidazole rings is 1. The molecule has 0 amide bonds. The van der Waals surface area contributed by atoms with Crippen LogP contribution in [0.2, 0.25) is 0 Å². The summed E-state index contributed by atoms with van der Waals surface area (Å²) in [7, 11) is 1.88. The highest BCUT2D eigenvalue weighted by atomic mass is 127. The SMILES string of the molecule is CN=C(NCc1cccc(Cn2ccnc2)c1)N1CCC(CC(C)C)C1.I. The van der Waals surface area contributed by atoms with Crippen LogP contribution in [0.25, 0.3) is 0 Å². The van der Waals surface area contributed by atoms with Crippen molar-refractivity contribution in [3.63, 3.8) is 0 Å². The van der Waals surface area contributed by atoms with Crippen LogP contribution in [0.15, 0.2) is 48.0 Å². The third-order valence-corrected chi connectivity index (χ3v) is 4.97. The predicted molar refractivity (Wildman–Crippen MR) is 123 cm³/mol. The number of likely N-dealkylation sites (tertiary alicyclic amines) is 1. The number of hydrogen-bond acceptors (Lipinski definition) is 2. The summed E-state index contributed by atoms with van der Waals surface area (Å²) >= 11 is 0. The minimum atomic E-state index is 0. The number of aliphatic imine (C=N–C) groups is 1. The molecule has 1 aliphatic rings. The number of nitrogens with one attached hydrogen (secondary N) is 1. The average Bonchev–Trinajstić information content (AvgIpc) is 3.28. The van der Waals surface area contributed by atoms with E-state index < -0.39 is 0 Å². The van der Waals surface area contributed by atoms with Crippen molar-refractivity contribution >= 4 is 29.9 Å². The van der Waals surface area contributed by atoms with Crippen molar-refractivity contribution in [2.24, 2.45) is 16.8 Å². The molecule has 0 saturated carbocycles. The van der Waals surface area contributed by atoms with Gasteiger partial charge in [0.25, 0.3) is 0 Å². The molecule has 1 aromatic carbocycles. The lowest BCUT2D eigenvalue weighted by Gasteiger charge is -2.22. The minimum absolute atomic E-state index is 0. The number of halogens is 1. The first-order valence-corrected chi connectivity index (χ1v) is 9.63. The number of rotatable bonds is 6. The van der Waals surface area contributed by atoms with Gasteiger partial charge in [-0.15, -0.1) is 24.0 Å². The van der Waals surface area contributed by atoms with Gasteiger partial charge in [0.1, 0.15) is 0 Å². The van der Waals surface area contributed by atoms with E-state index in [1.807, 2.05) is 25.8 Å². The lowest BCUT2D eigenvalue weighted by molar-refractivity contribution is 0.403. The summed E-state index contributed by atoms with van der Waals surface area (Å²) in [5, 5.41) is 3.54. The van der Waals surface area contributed by atoms with E-state index in [9.17, 15) is 0 Å². The van der Waals surface area contributed by atoms with Gasteiger partial charge >= 0.3 is 0 Å². The second-order valence-corrected chi connectivity index (χ2v) is 7.69. The Kier molecular flexibility index (Phi) is 8.60. The van der Waals surface area contributed by atoms with Gasteiger partial charge < -0.3 is 14.8 Å². The van der Waals surface area contributed by atoms with Crippen LogP contribution in [-0.4, -0.2) is 40.5 Å². The molecule has 1 saturated heterocycles. The molecule has 0 bridgehead atoms. The summed E-state index contributed by atoms with van der Waals surface area (Å²) in [6.07, 6.45) is 8.25. The molecule has 1 N–H and O–H groups in total. The fourth-order valence-corrected chi connectivity index (χ4v) is 3.83. The number of benzene rings is 1. The van der Waals surface area contributed by atoms with E-state index >= 15 is 0 Å². The summed E-state index contributed by atoms with van der Waals surface area (Å²) in [6.45, 7) is 8.51. The molecular weight excluding hydrogens is 449 g/mol. The first kappa shape index (κ1) is 21.7. The third-order valence-electron chi connectivity index (χ3n) is 4.97. The summed E-state index contributed by atoms with van der Waals surface area (Å²) < 4.78 is 2.09. The highest BCUT2D eigenvalue weighted by Crippen LogP contribution is 2.23. The highest BCUT2D eigenvalue weighted by Gasteiger charge is 2.25. The average molecular weight is 481 g/mol. The zero-order valence-electron chi connectivity index (χ0n) is 16.6. The van der Waals surface area contributed by atoms with Crippen molar-refractivity contribution in [3.8, 4) is 0 Å². The Bertz CT molecular complexity index is 711. The lowest BCUT2D eigenvalue weighted by Crippen LogP contribution is -2.39. The number of nitrogens with zero attached hydrogens (tertiary/aromatic N) is 4. The van der Waals surface area contributed by atoms with Crippen molar-refractivity contribution in [1.29, 1.82) is 0 Å². The predicted octanol–water partition coefficient (Wildman–Crippen LogP) is 3.99. The Labute approximate surface area is 180 Å². The van der Waals surface area contributed by atoms with Gasteiger partial charge in [0.2, 0.25) is 0 Å². The van der Waals surface area contributed by atoms with Crippen molar-refractivity contribution in [3.05, 3.63) is 54.1 Å². The van der Waals surface area contributed by atoms with E-state index in [1.165, 1.54) is 24.0 Å². The molecule has 27 heavy (non-hydrogen) atoms. The third kappa shape index (κ3) is 6.52. The van der Waals surface area contributed by atoms with Gasteiger partial charge in [0, 0.05) is 45.6 Å². The topological polar surface area (TPSA) is 45.5 Å². The molecule has 3 rings (SSSR count). The van der Waals surface area contributed by atoms with Crippen LogP contribution in [0.4, 0.5) is 0 Å². The zero-order chi connectivity index (χ0) is 18.4. The van der Waals surface area contributed by atoms with Crippen LogP contribution in [-0.2, 0) is 13.1 Å². The van der Waals surface area contributed by atoms with E-state index in [0.29, 0.717) is 0 Å². The van der Waals surface area contributed by atoms with E-state index in [0.717, 1.165) is 44.0 Å². The van der Waals surface area contributed by atoms with E-state index in [-0.39, 0.29) is 24.0 Å². The minimum Gasteiger partial charge on any atom is -0.352 e. The Morgan fingerprint density at radius 2 is 2.15 bits per heavy atom. The fourth-order valence-electron chi connectivity index (χ4n) is 3.83. The molecule has 1 aliphatic heterocycles. The summed E-state index contributed by atoms with van der Waals surface area (Å²) in [4.78, 5) is 11.0. The molecule has 2 heterocycles. The van der Waals surface area contributed by atoms with Gasteiger partial charge in [0.15, 0.2) is 5.96 Å². The monoisotopic (exact) mass is 481 g/mol. The van der Waals surface area contributed by atoms with Gasteiger partial charge in [-0.25, -0.2) is 4.98 Å². The van der Waals surface area contributed by atoms with E-state index in [4.69, 9.17) is 0 Å². The molecule has 1 atom stereocenters. The second kappa shape index (κ2) is 10.7. The van der Waals surface area contributed by atoms with E-state index in [1.54, 1.807) is 0 Å². The van der Waals surface area contributed by atoms with Gasteiger partial charge in [-0.1, -0.05) is 38.1 Å². The molecule has 0 spiro atoms. The van der Waals surface area contributed by atoms with Crippen LogP contribution in [0.1, 0.15) is 37.8 Å². The number of guanidine groups is 1. The van der Waals surface area contributed by atoms with E-state index in [2.05, 4.69) is 62.9 Å². The second-order valence-electron chi connectivity index (χ2n) is 7.69. The molecule has 0 aliphatic carbocycles. The van der Waals surface area contributed by atoms with Crippen molar-refractivity contribution < 1.29 is 0 Å². The molecule has 1 fully saturated rings. The first-order valence-electron chi connectivity index (χ1n) is 9.63. The molecule has 6 heteroatoms. The summed E-state index contributed by atoms with van der Waals surface area (Å²) in [6, 6.07) is 8.71. The van der Waals surface area contributed by atoms with Crippen molar-refractivity contribution in [1.82, 2.24) is 19.8 Å². The normalized spacial score (nSPS) is 17.3. The molecule has 2 aromatic rings. The molecule has 1 unspecified atom stereocenters. The number of hydrogen-bond donors (Lipinski definition) is 1. The largest absolute Gasteiger partial charge is 0.352 e. The zero-order valence-corrected chi connectivity index (χ0v) is 19.0. The highest BCUT2D eigenvalue weighted by molar-refractivity contribution is 14.0. The summed E-state index contributed by atoms with van der Waals surface area (Å²) in [5.41, 5.74) is 2.57. The quantitative estimate of drug-likeness (QED) is 0.386. The number of aromatic nitrogens is 2. The van der Waals surface area contributed by atoms with Crippen LogP contribution >= 0.6 is 24.0 Å².